The number of rotatable bonds is 5. The van der Waals surface area contributed by atoms with E-state index < -0.39 is 5.91 Å². The largest absolute Gasteiger partial charge is 0.354 e. The van der Waals surface area contributed by atoms with E-state index in [0.717, 1.165) is 5.56 Å². The number of nitrogens with zero attached hydrogens (tertiary/aromatic N) is 4. The van der Waals surface area contributed by atoms with E-state index in [9.17, 15) is 9.18 Å². The summed E-state index contributed by atoms with van der Waals surface area (Å²) < 4.78 is 20.0. The molecular formula is C19H14FN5O2. The van der Waals surface area contributed by atoms with Crippen LogP contribution >= 0.6 is 0 Å². The Kier molecular flexibility index (Phi) is 4.44. The molecule has 7 nitrogen and oxygen atoms in total. The summed E-state index contributed by atoms with van der Waals surface area (Å²) in [7, 11) is 0. The average Bonchev–Trinajstić information content (AvgIpc) is 3.32. The van der Waals surface area contributed by atoms with Crippen molar-refractivity contribution in [1.29, 1.82) is 0 Å². The monoisotopic (exact) mass is 363 g/mol. The van der Waals surface area contributed by atoms with Crippen LogP contribution in [-0.4, -0.2) is 25.8 Å². The van der Waals surface area contributed by atoms with Gasteiger partial charge in [0.05, 0.1) is 18.4 Å². The molecule has 0 radical (unpaired) electrons. The fourth-order valence-corrected chi connectivity index (χ4v) is 2.54. The van der Waals surface area contributed by atoms with Crippen molar-refractivity contribution >= 4 is 11.6 Å². The molecule has 3 aromatic heterocycles. The van der Waals surface area contributed by atoms with Gasteiger partial charge in [0.1, 0.15) is 11.5 Å². The van der Waals surface area contributed by atoms with Gasteiger partial charge in [-0.2, -0.15) is 5.10 Å². The highest BCUT2D eigenvalue weighted by Gasteiger charge is 2.15. The summed E-state index contributed by atoms with van der Waals surface area (Å²) >= 11 is 0. The molecule has 0 saturated heterocycles. The first-order valence-corrected chi connectivity index (χ1v) is 8.14. The Morgan fingerprint density at radius 3 is 2.93 bits per heavy atom. The van der Waals surface area contributed by atoms with Crippen LogP contribution in [0.2, 0.25) is 0 Å². The van der Waals surface area contributed by atoms with Crippen molar-refractivity contribution in [1.82, 2.24) is 19.9 Å². The molecule has 1 aromatic carbocycles. The Hall–Kier alpha value is -3.81. The van der Waals surface area contributed by atoms with E-state index >= 15 is 0 Å². The van der Waals surface area contributed by atoms with E-state index in [1.165, 1.54) is 24.4 Å². The van der Waals surface area contributed by atoms with Crippen molar-refractivity contribution in [2.24, 2.45) is 0 Å². The summed E-state index contributed by atoms with van der Waals surface area (Å²) in [5.74, 6) is -0.322. The Morgan fingerprint density at radius 1 is 1.19 bits per heavy atom. The molecule has 4 aromatic rings. The molecule has 0 spiro atoms. The zero-order valence-corrected chi connectivity index (χ0v) is 14.0. The molecular weight excluding hydrogens is 349 g/mol. The molecule has 0 unspecified atom stereocenters. The quantitative estimate of drug-likeness (QED) is 0.587. The minimum Gasteiger partial charge on any atom is -0.354 e. The normalized spacial score (nSPS) is 10.7. The number of halogens is 1. The van der Waals surface area contributed by atoms with Crippen LogP contribution < -0.4 is 5.32 Å². The van der Waals surface area contributed by atoms with Gasteiger partial charge < -0.3 is 9.84 Å². The number of carbonyl (C=O) groups excluding carboxylic acids is 1. The van der Waals surface area contributed by atoms with Crippen molar-refractivity contribution in [3.05, 3.63) is 84.2 Å². The lowest BCUT2D eigenvalue weighted by Crippen LogP contribution is -2.11. The molecule has 3 heterocycles. The van der Waals surface area contributed by atoms with Crippen molar-refractivity contribution in [2.45, 2.75) is 6.54 Å². The van der Waals surface area contributed by atoms with E-state index in [1.54, 1.807) is 41.3 Å². The van der Waals surface area contributed by atoms with E-state index in [4.69, 9.17) is 4.52 Å². The van der Waals surface area contributed by atoms with E-state index in [-0.39, 0.29) is 11.5 Å². The molecule has 1 N–H and O–H groups in total. The SMILES string of the molecule is O=C(Nc1cnn(Cc2cccc(F)c2)c1)c1cc(-c2ccccn2)on1. The smallest absolute Gasteiger partial charge is 0.277 e. The summed E-state index contributed by atoms with van der Waals surface area (Å²) in [6.07, 6.45) is 4.80. The number of anilines is 1. The summed E-state index contributed by atoms with van der Waals surface area (Å²) in [6.45, 7) is 0.390. The van der Waals surface area contributed by atoms with Crippen LogP contribution in [0, 0.1) is 5.82 Å². The van der Waals surface area contributed by atoms with Crippen molar-refractivity contribution in [3.63, 3.8) is 0 Å². The van der Waals surface area contributed by atoms with Crippen LogP contribution in [-0.2, 0) is 6.54 Å². The Bertz CT molecular complexity index is 1070. The molecule has 0 fully saturated rings. The number of hydrogen-bond acceptors (Lipinski definition) is 5. The maximum Gasteiger partial charge on any atom is 0.277 e. The minimum atomic E-state index is -0.425. The van der Waals surface area contributed by atoms with Crippen LogP contribution in [0.1, 0.15) is 16.1 Å². The van der Waals surface area contributed by atoms with Crippen LogP contribution in [0.15, 0.2) is 71.6 Å². The van der Waals surface area contributed by atoms with Crippen LogP contribution in [0.5, 0.6) is 0 Å². The first-order chi connectivity index (χ1) is 13.2. The molecule has 0 aliphatic heterocycles. The molecule has 0 atom stereocenters. The fraction of sp³-hybridized carbons (Fsp3) is 0.0526. The van der Waals surface area contributed by atoms with Gasteiger partial charge in [-0.15, -0.1) is 0 Å². The molecule has 8 heteroatoms. The summed E-state index contributed by atoms with van der Waals surface area (Å²) in [4.78, 5) is 16.5. The first-order valence-electron chi connectivity index (χ1n) is 8.14. The molecule has 27 heavy (non-hydrogen) atoms. The third-order valence-electron chi connectivity index (χ3n) is 3.78. The van der Waals surface area contributed by atoms with E-state index in [2.05, 4.69) is 20.6 Å². The lowest BCUT2D eigenvalue weighted by Gasteiger charge is -2.01. The van der Waals surface area contributed by atoms with Gasteiger partial charge in [0.2, 0.25) is 0 Å². The zero-order chi connectivity index (χ0) is 18.6. The fourth-order valence-electron chi connectivity index (χ4n) is 2.54. The second-order valence-corrected chi connectivity index (χ2v) is 5.80. The summed E-state index contributed by atoms with van der Waals surface area (Å²) in [6, 6.07) is 13.2. The van der Waals surface area contributed by atoms with Crippen molar-refractivity contribution in [2.75, 3.05) is 5.32 Å². The van der Waals surface area contributed by atoms with Gasteiger partial charge in [-0.05, 0) is 29.8 Å². The summed E-state index contributed by atoms with van der Waals surface area (Å²) in [5.41, 5.74) is 1.99. The maximum absolute atomic E-state index is 13.3. The highest BCUT2D eigenvalue weighted by atomic mass is 19.1. The minimum absolute atomic E-state index is 0.133. The summed E-state index contributed by atoms with van der Waals surface area (Å²) in [5, 5.41) is 10.6. The second kappa shape index (κ2) is 7.20. The Balaban J connectivity index is 1.43. The standard InChI is InChI=1S/C19H14FN5O2/c20-14-5-3-4-13(8-14)11-25-12-15(10-22-25)23-19(26)17-9-18(27-24-17)16-6-1-2-7-21-16/h1-10,12H,11H2,(H,23,26). The van der Waals surface area contributed by atoms with Gasteiger partial charge in [0.25, 0.3) is 5.91 Å². The van der Waals surface area contributed by atoms with Gasteiger partial charge in [0.15, 0.2) is 11.5 Å². The molecule has 0 aliphatic carbocycles. The number of hydrogen-bond donors (Lipinski definition) is 1. The predicted molar refractivity (Wildman–Crippen MR) is 95.4 cm³/mol. The zero-order valence-electron chi connectivity index (χ0n) is 14.0. The van der Waals surface area contributed by atoms with Crippen molar-refractivity contribution < 1.29 is 13.7 Å². The predicted octanol–water partition coefficient (Wildman–Crippen LogP) is 3.37. The topological polar surface area (TPSA) is 85.8 Å². The van der Waals surface area contributed by atoms with Crippen LogP contribution in [0.3, 0.4) is 0 Å². The highest BCUT2D eigenvalue weighted by Crippen LogP contribution is 2.18. The van der Waals surface area contributed by atoms with Crippen LogP contribution in [0.25, 0.3) is 11.5 Å². The second-order valence-electron chi connectivity index (χ2n) is 5.80. The van der Waals surface area contributed by atoms with Crippen molar-refractivity contribution in [3.8, 4) is 11.5 Å². The molecule has 0 bridgehead atoms. The third kappa shape index (κ3) is 3.90. The number of nitrogens with one attached hydrogen (secondary N) is 1. The lowest BCUT2D eigenvalue weighted by atomic mass is 10.2. The Morgan fingerprint density at radius 2 is 2.11 bits per heavy atom. The number of aromatic nitrogens is 4. The first kappa shape index (κ1) is 16.6. The van der Waals surface area contributed by atoms with Gasteiger partial charge in [-0.1, -0.05) is 23.4 Å². The lowest BCUT2D eigenvalue weighted by molar-refractivity contribution is 0.101. The van der Waals surface area contributed by atoms with E-state index in [0.29, 0.717) is 23.7 Å². The van der Waals surface area contributed by atoms with Gasteiger partial charge in [0, 0.05) is 18.5 Å². The number of amides is 1. The molecule has 4 rings (SSSR count). The molecule has 0 aliphatic rings. The number of pyridine rings is 1. The average molecular weight is 363 g/mol. The third-order valence-corrected chi connectivity index (χ3v) is 3.78. The van der Waals surface area contributed by atoms with E-state index in [1.807, 2.05) is 6.07 Å². The van der Waals surface area contributed by atoms with Crippen LogP contribution in [0.4, 0.5) is 10.1 Å². The highest BCUT2D eigenvalue weighted by molar-refractivity contribution is 6.03. The molecule has 1 amide bonds. The molecule has 0 saturated carbocycles. The van der Waals surface area contributed by atoms with Gasteiger partial charge >= 0.3 is 0 Å². The van der Waals surface area contributed by atoms with Gasteiger partial charge in [-0.25, -0.2) is 4.39 Å². The number of carbonyl (C=O) groups is 1. The number of benzene rings is 1. The Labute approximate surface area is 153 Å². The van der Waals surface area contributed by atoms with Gasteiger partial charge in [-0.3, -0.25) is 14.5 Å². The maximum atomic E-state index is 13.3. The molecule has 134 valence electrons.